The van der Waals surface area contributed by atoms with Crippen molar-refractivity contribution in [1.29, 1.82) is 0 Å². The minimum absolute atomic E-state index is 0.399. The van der Waals surface area contributed by atoms with E-state index in [9.17, 15) is 0 Å². The average Bonchev–Trinajstić information content (AvgIpc) is 2.43. The zero-order valence-corrected chi connectivity index (χ0v) is 13.9. The first-order valence-electron chi connectivity index (χ1n) is 7.63. The van der Waals surface area contributed by atoms with Crippen LogP contribution in [0.25, 0.3) is 0 Å². The van der Waals surface area contributed by atoms with Crippen molar-refractivity contribution in [2.45, 2.75) is 41.2 Å². The number of nitrogens with one attached hydrogen (secondary N) is 1. The van der Waals surface area contributed by atoms with E-state index in [2.05, 4.69) is 48.0 Å². The van der Waals surface area contributed by atoms with Crippen molar-refractivity contribution in [3.8, 4) is 0 Å². The molecule has 0 radical (unpaired) electrons. The summed E-state index contributed by atoms with van der Waals surface area (Å²) in [6, 6.07) is 1.89. The van der Waals surface area contributed by atoms with Crippen LogP contribution in [0.15, 0.2) is 6.07 Å². The van der Waals surface area contributed by atoms with Crippen LogP contribution in [0.4, 0.5) is 11.6 Å². The SMILES string of the molecule is CCOCc1nc(NN)cc(N(CC(C)C)CC(C)C)n1. The molecule has 0 atom stereocenters. The van der Waals surface area contributed by atoms with Crippen molar-refractivity contribution in [1.82, 2.24) is 9.97 Å². The first-order chi connectivity index (χ1) is 9.96. The van der Waals surface area contributed by atoms with Crippen molar-refractivity contribution in [3.63, 3.8) is 0 Å². The Morgan fingerprint density at radius 2 is 1.81 bits per heavy atom. The summed E-state index contributed by atoms with van der Waals surface area (Å²) in [6.45, 7) is 13.7. The second-order valence-corrected chi connectivity index (χ2v) is 6.00. The van der Waals surface area contributed by atoms with E-state index in [1.807, 2.05) is 13.0 Å². The quantitative estimate of drug-likeness (QED) is 0.538. The third kappa shape index (κ3) is 6.27. The molecule has 0 saturated heterocycles. The zero-order chi connectivity index (χ0) is 15.8. The molecular formula is C15H29N5O. The fraction of sp³-hybridized carbons (Fsp3) is 0.733. The Morgan fingerprint density at radius 3 is 2.29 bits per heavy atom. The van der Waals surface area contributed by atoms with Crippen LogP contribution >= 0.6 is 0 Å². The van der Waals surface area contributed by atoms with Gasteiger partial charge in [-0.15, -0.1) is 0 Å². The Morgan fingerprint density at radius 1 is 1.19 bits per heavy atom. The summed E-state index contributed by atoms with van der Waals surface area (Å²) in [6.07, 6.45) is 0. The molecule has 0 aliphatic carbocycles. The van der Waals surface area contributed by atoms with E-state index in [4.69, 9.17) is 10.6 Å². The number of anilines is 2. The van der Waals surface area contributed by atoms with Gasteiger partial charge in [-0.05, 0) is 18.8 Å². The van der Waals surface area contributed by atoms with Gasteiger partial charge in [-0.2, -0.15) is 0 Å². The number of nitrogens with two attached hydrogens (primary N) is 1. The smallest absolute Gasteiger partial charge is 0.158 e. The van der Waals surface area contributed by atoms with Crippen LogP contribution in [0.5, 0.6) is 0 Å². The highest BCUT2D eigenvalue weighted by Gasteiger charge is 2.14. The van der Waals surface area contributed by atoms with Gasteiger partial charge >= 0.3 is 0 Å². The molecule has 0 aliphatic heterocycles. The van der Waals surface area contributed by atoms with Gasteiger partial charge < -0.3 is 15.1 Å². The van der Waals surface area contributed by atoms with Crippen molar-refractivity contribution in [2.24, 2.45) is 17.7 Å². The van der Waals surface area contributed by atoms with Gasteiger partial charge in [-0.25, -0.2) is 15.8 Å². The summed E-state index contributed by atoms with van der Waals surface area (Å²) in [5.41, 5.74) is 2.61. The third-order valence-corrected chi connectivity index (χ3v) is 2.84. The van der Waals surface area contributed by atoms with Gasteiger partial charge in [0.15, 0.2) is 5.82 Å². The molecule has 0 saturated carbocycles. The Balaban J connectivity index is 3.03. The predicted octanol–water partition coefficient (Wildman–Crippen LogP) is 2.42. The lowest BCUT2D eigenvalue weighted by atomic mass is 10.1. The van der Waals surface area contributed by atoms with Crippen LogP contribution in [0.1, 0.15) is 40.4 Å². The Kier molecular flexibility index (Phi) is 7.39. The number of hydrogen-bond acceptors (Lipinski definition) is 6. The van der Waals surface area contributed by atoms with Gasteiger partial charge in [-0.3, -0.25) is 0 Å². The van der Waals surface area contributed by atoms with Crippen molar-refractivity contribution in [2.75, 3.05) is 30.0 Å². The number of aromatic nitrogens is 2. The standard InChI is InChI=1S/C15H29N5O/c1-6-21-10-14-17-13(19-16)7-15(18-14)20(8-11(2)3)9-12(4)5/h7,11-12H,6,8-10,16H2,1-5H3,(H,17,18,19). The molecule has 0 bridgehead atoms. The molecule has 1 aromatic rings. The van der Waals surface area contributed by atoms with Crippen molar-refractivity contribution < 1.29 is 4.74 Å². The number of hydrogen-bond donors (Lipinski definition) is 2. The third-order valence-electron chi connectivity index (χ3n) is 2.84. The second kappa shape index (κ2) is 8.79. The summed E-state index contributed by atoms with van der Waals surface area (Å²) >= 11 is 0. The zero-order valence-electron chi connectivity index (χ0n) is 13.9. The van der Waals surface area contributed by atoms with Crippen molar-refractivity contribution in [3.05, 3.63) is 11.9 Å². The van der Waals surface area contributed by atoms with Crippen LogP contribution in [0.3, 0.4) is 0 Å². The largest absolute Gasteiger partial charge is 0.374 e. The maximum Gasteiger partial charge on any atom is 0.158 e. The molecule has 1 heterocycles. The second-order valence-electron chi connectivity index (χ2n) is 6.00. The first-order valence-corrected chi connectivity index (χ1v) is 7.63. The van der Waals surface area contributed by atoms with E-state index in [-0.39, 0.29) is 0 Å². The summed E-state index contributed by atoms with van der Waals surface area (Å²) in [4.78, 5) is 11.2. The number of rotatable bonds is 9. The monoisotopic (exact) mass is 295 g/mol. The lowest BCUT2D eigenvalue weighted by molar-refractivity contribution is 0.128. The van der Waals surface area contributed by atoms with Crippen LogP contribution in [0.2, 0.25) is 0 Å². The molecule has 0 spiro atoms. The summed E-state index contributed by atoms with van der Waals surface area (Å²) < 4.78 is 5.40. The van der Waals surface area contributed by atoms with Gasteiger partial charge in [0.1, 0.15) is 18.2 Å². The van der Waals surface area contributed by atoms with E-state index < -0.39 is 0 Å². The number of nitrogens with zero attached hydrogens (tertiary/aromatic N) is 3. The highest BCUT2D eigenvalue weighted by molar-refractivity contribution is 5.49. The van der Waals surface area contributed by atoms with E-state index in [1.54, 1.807) is 0 Å². The molecule has 3 N–H and O–H groups in total. The maximum atomic E-state index is 5.52. The predicted molar refractivity (Wildman–Crippen MR) is 87.1 cm³/mol. The molecule has 6 heteroatoms. The van der Waals surface area contributed by atoms with Gasteiger partial charge in [0.2, 0.25) is 0 Å². The molecule has 21 heavy (non-hydrogen) atoms. The fourth-order valence-corrected chi connectivity index (χ4v) is 2.12. The minimum Gasteiger partial charge on any atom is -0.374 e. The fourth-order valence-electron chi connectivity index (χ4n) is 2.12. The molecule has 1 rings (SSSR count). The molecule has 0 aliphatic rings. The van der Waals surface area contributed by atoms with E-state index in [0.717, 1.165) is 18.9 Å². The molecular weight excluding hydrogens is 266 g/mol. The maximum absolute atomic E-state index is 5.52. The molecule has 0 aromatic carbocycles. The number of nitrogen functional groups attached to an aromatic ring is 1. The lowest BCUT2D eigenvalue weighted by Crippen LogP contribution is -2.32. The van der Waals surface area contributed by atoms with Gasteiger partial charge in [-0.1, -0.05) is 27.7 Å². The summed E-state index contributed by atoms with van der Waals surface area (Å²) in [5, 5.41) is 0. The molecule has 6 nitrogen and oxygen atoms in total. The van der Waals surface area contributed by atoms with Crippen LogP contribution in [-0.2, 0) is 11.3 Å². The molecule has 0 fully saturated rings. The molecule has 1 aromatic heterocycles. The van der Waals surface area contributed by atoms with Crippen LogP contribution in [0, 0.1) is 11.8 Å². The van der Waals surface area contributed by atoms with E-state index >= 15 is 0 Å². The highest BCUT2D eigenvalue weighted by atomic mass is 16.5. The topological polar surface area (TPSA) is 76.3 Å². The average molecular weight is 295 g/mol. The van der Waals surface area contributed by atoms with Gasteiger partial charge in [0.05, 0.1) is 0 Å². The molecule has 0 amide bonds. The van der Waals surface area contributed by atoms with Gasteiger partial charge in [0, 0.05) is 25.8 Å². The first kappa shape index (κ1) is 17.7. The van der Waals surface area contributed by atoms with E-state index in [1.165, 1.54) is 0 Å². The Labute approximate surface area is 128 Å². The summed E-state index contributed by atoms with van der Waals surface area (Å²) in [5.74, 6) is 8.81. The Bertz CT molecular complexity index is 413. The van der Waals surface area contributed by atoms with Gasteiger partial charge in [0.25, 0.3) is 0 Å². The normalized spacial score (nSPS) is 11.2. The minimum atomic E-state index is 0.399. The number of ether oxygens (including phenoxy) is 1. The number of hydrazine groups is 1. The van der Waals surface area contributed by atoms with Crippen molar-refractivity contribution >= 4 is 11.6 Å². The van der Waals surface area contributed by atoms with Crippen LogP contribution < -0.4 is 16.2 Å². The molecule has 120 valence electrons. The lowest BCUT2D eigenvalue weighted by Gasteiger charge is -2.28. The Hall–Kier alpha value is -1.40. The summed E-state index contributed by atoms with van der Waals surface area (Å²) in [7, 11) is 0. The van der Waals surface area contributed by atoms with Crippen LogP contribution in [-0.4, -0.2) is 29.7 Å². The highest BCUT2D eigenvalue weighted by Crippen LogP contribution is 2.19. The van der Waals surface area contributed by atoms with E-state index in [0.29, 0.717) is 36.7 Å². The molecule has 0 unspecified atom stereocenters.